The van der Waals surface area contributed by atoms with Crippen LogP contribution in [0, 0.1) is 0 Å². The lowest BCUT2D eigenvalue weighted by Crippen LogP contribution is -2.29. The van der Waals surface area contributed by atoms with E-state index in [4.69, 9.17) is 16.3 Å². The van der Waals surface area contributed by atoms with Crippen molar-refractivity contribution in [3.8, 4) is 5.75 Å². The topological polar surface area (TPSA) is 75.6 Å². The minimum atomic E-state index is -0.786. The summed E-state index contributed by atoms with van der Waals surface area (Å²) >= 11 is 5.71. The van der Waals surface area contributed by atoms with E-state index in [-0.39, 0.29) is 23.8 Å². The number of rotatable bonds is 6. The minimum Gasteiger partial charge on any atom is -0.507 e. The number of aromatic hydroxyl groups is 1. The minimum absolute atomic E-state index is 0.0612. The molecule has 19 heavy (non-hydrogen) atoms. The Hall–Kier alpha value is -1.75. The lowest BCUT2D eigenvalue weighted by atomic mass is 10.2. The molecule has 0 aliphatic carbocycles. The summed E-state index contributed by atoms with van der Waals surface area (Å²) in [7, 11) is 0. The van der Waals surface area contributed by atoms with Crippen LogP contribution in [0.1, 0.15) is 30.1 Å². The summed E-state index contributed by atoms with van der Waals surface area (Å²) in [5.41, 5.74) is -0.0612. The molecule has 1 amide bonds. The number of hydrogen-bond acceptors (Lipinski definition) is 4. The predicted octanol–water partition coefficient (Wildman–Crippen LogP) is 2.12. The van der Waals surface area contributed by atoms with Gasteiger partial charge in [-0.1, -0.05) is 24.9 Å². The Bertz CT molecular complexity index is 462. The number of phenolic OH excluding ortho intramolecular Hbond substituents is 1. The molecule has 0 radical (unpaired) electrons. The van der Waals surface area contributed by atoms with E-state index in [1.54, 1.807) is 0 Å². The van der Waals surface area contributed by atoms with Crippen LogP contribution in [0.15, 0.2) is 18.2 Å². The van der Waals surface area contributed by atoms with Gasteiger partial charge in [-0.2, -0.15) is 0 Å². The smallest absolute Gasteiger partial charge is 0.342 e. The maximum atomic E-state index is 11.6. The van der Waals surface area contributed by atoms with Gasteiger partial charge in [0.25, 0.3) is 5.91 Å². The Kier molecular flexibility index (Phi) is 6.15. The summed E-state index contributed by atoms with van der Waals surface area (Å²) in [5.74, 6) is -1.39. The molecule has 1 aromatic rings. The van der Waals surface area contributed by atoms with E-state index in [9.17, 15) is 14.7 Å². The maximum absolute atomic E-state index is 11.6. The highest BCUT2D eigenvalue weighted by Crippen LogP contribution is 2.22. The van der Waals surface area contributed by atoms with E-state index < -0.39 is 5.97 Å². The average Bonchev–Trinajstić information content (AvgIpc) is 2.39. The van der Waals surface area contributed by atoms with Crippen molar-refractivity contribution in [1.29, 1.82) is 0 Å². The highest BCUT2D eigenvalue weighted by molar-refractivity contribution is 6.31. The number of hydrogen-bond donors (Lipinski definition) is 2. The third kappa shape index (κ3) is 5.18. The highest BCUT2D eigenvalue weighted by atomic mass is 35.5. The fourth-order valence-electron chi connectivity index (χ4n) is 1.34. The molecular weight excluding hydrogens is 270 g/mol. The Balaban J connectivity index is 2.47. The molecule has 0 bridgehead atoms. The van der Waals surface area contributed by atoms with Gasteiger partial charge < -0.3 is 15.2 Å². The summed E-state index contributed by atoms with van der Waals surface area (Å²) in [6.45, 7) is 2.18. The zero-order chi connectivity index (χ0) is 14.3. The van der Waals surface area contributed by atoms with Gasteiger partial charge in [0.1, 0.15) is 11.3 Å². The molecule has 0 spiro atoms. The number of halogens is 1. The molecule has 5 nitrogen and oxygen atoms in total. The van der Waals surface area contributed by atoms with Gasteiger partial charge in [-0.3, -0.25) is 4.79 Å². The molecule has 0 aliphatic heterocycles. The van der Waals surface area contributed by atoms with Crippen molar-refractivity contribution in [3.05, 3.63) is 28.8 Å². The van der Waals surface area contributed by atoms with Crippen LogP contribution in [0.5, 0.6) is 5.75 Å². The SMILES string of the molecule is CCCCNC(=O)COC(=O)c1cc(Cl)ccc1O. The summed E-state index contributed by atoms with van der Waals surface area (Å²) in [6, 6.07) is 4.03. The number of amides is 1. The van der Waals surface area contributed by atoms with Crippen LogP contribution in [-0.2, 0) is 9.53 Å². The molecule has 0 unspecified atom stereocenters. The van der Waals surface area contributed by atoms with Gasteiger partial charge in [-0.25, -0.2) is 4.79 Å². The Morgan fingerprint density at radius 3 is 2.84 bits per heavy atom. The number of carbonyl (C=O) groups excluding carboxylic acids is 2. The van der Waals surface area contributed by atoms with Crippen LogP contribution in [0.3, 0.4) is 0 Å². The van der Waals surface area contributed by atoms with Crippen LogP contribution < -0.4 is 5.32 Å². The second kappa shape index (κ2) is 7.63. The lowest BCUT2D eigenvalue weighted by molar-refractivity contribution is -0.124. The van der Waals surface area contributed by atoms with Crippen molar-refractivity contribution in [2.45, 2.75) is 19.8 Å². The van der Waals surface area contributed by atoms with E-state index in [2.05, 4.69) is 5.32 Å². The second-order valence-corrected chi connectivity index (χ2v) is 4.38. The van der Waals surface area contributed by atoms with E-state index in [1.165, 1.54) is 18.2 Å². The van der Waals surface area contributed by atoms with Crippen LogP contribution >= 0.6 is 11.6 Å². The third-order valence-electron chi connectivity index (χ3n) is 2.37. The molecule has 0 saturated carbocycles. The van der Waals surface area contributed by atoms with Crippen LogP contribution in [-0.4, -0.2) is 30.1 Å². The number of esters is 1. The van der Waals surface area contributed by atoms with Gasteiger partial charge in [0.2, 0.25) is 0 Å². The summed E-state index contributed by atoms with van der Waals surface area (Å²) < 4.78 is 4.79. The lowest BCUT2D eigenvalue weighted by Gasteiger charge is -2.07. The molecule has 0 aliphatic rings. The van der Waals surface area contributed by atoms with E-state index in [1.807, 2.05) is 6.92 Å². The second-order valence-electron chi connectivity index (χ2n) is 3.94. The first kappa shape index (κ1) is 15.3. The molecule has 0 aromatic heterocycles. The maximum Gasteiger partial charge on any atom is 0.342 e. The van der Waals surface area contributed by atoms with Crippen LogP contribution in [0.25, 0.3) is 0 Å². The molecule has 1 rings (SSSR count). The summed E-state index contributed by atoms with van der Waals surface area (Å²) in [5, 5.41) is 12.4. The number of unbranched alkanes of at least 4 members (excludes halogenated alkanes) is 1. The fourth-order valence-corrected chi connectivity index (χ4v) is 1.51. The fraction of sp³-hybridized carbons (Fsp3) is 0.385. The van der Waals surface area contributed by atoms with Crippen molar-refractivity contribution >= 4 is 23.5 Å². The van der Waals surface area contributed by atoms with Crippen LogP contribution in [0.2, 0.25) is 5.02 Å². The van der Waals surface area contributed by atoms with Crippen molar-refractivity contribution in [2.75, 3.05) is 13.2 Å². The molecule has 6 heteroatoms. The molecule has 104 valence electrons. The van der Waals surface area contributed by atoms with Gasteiger partial charge >= 0.3 is 5.97 Å². The zero-order valence-electron chi connectivity index (χ0n) is 10.6. The number of benzene rings is 1. The number of carbonyl (C=O) groups is 2. The van der Waals surface area contributed by atoms with E-state index in [0.29, 0.717) is 11.6 Å². The van der Waals surface area contributed by atoms with Crippen molar-refractivity contribution in [2.24, 2.45) is 0 Å². The monoisotopic (exact) mass is 285 g/mol. The standard InChI is InChI=1S/C13H16ClNO4/c1-2-3-6-15-12(17)8-19-13(18)10-7-9(14)4-5-11(10)16/h4-5,7,16H,2-3,6,8H2,1H3,(H,15,17). The quantitative estimate of drug-likeness (QED) is 0.620. The molecule has 0 saturated heterocycles. The first-order chi connectivity index (χ1) is 9.04. The third-order valence-corrected chi connectivity index (χ3v) is 2.60. The first-order valence-corrected chi connectivity index (χ1v) is 6.34. The molecule has 1 aromatic carbocycles. The molecule has 2 N–H and O–H groups in total. The highest BCUT2D eigenvalue weighted by Gasteiger charge is 2.14. The number of ether oxygens (including phenoxy) is 1. The summed E-state index contributed by atoms with van der Waals surface area (Å²) in [4.78, 5) is 23.0. The molecule has 0 fully saturated rings. The Morgan fingerprint density at radius 1 is 1.42 bits per heavy atom. The normalized spacial score (nSPS) is 10.0. The predicted molar refractivity (Wildman–Crippen MR) is 71.3 cm³/mol. The van der Waals surface area contributed by atoms with Gasteiger partial charge in [0, 0.05) is 11.6 Å². The van der Waals surface area contributed by atoms with Gasteiger partial charge in [0.05, 0.1) is 0 Å². The van der Waals surface area contributed by atoms with E-state index in [0.717, 1.165) is 12.8 Å². The number of nitrogens with one attached hydrogen (secondary N) is 1. The van der Waals surface area contributed by atoms with Gasteiger partial charge in [0.15, 0.2) is 6.61 Å². The molecule has 0 atom stereocenters. The van der Waals surface area contributed by atoms with E-state index >= 15 is 0 Å². The Labute approximate surface area is 116 Å². The first-order valence-electron chi connectivity index (χ1n) is 5.97. The molecule has 0 heterocycles. The Morgan fingerprint density at radius 2 is 2.16 bits per heavy atom. The van der Waals surface area contributed by atoms with Crippen molar-refractivity contribution in [3.63, 3.8) is 0 Å². The largest absolute Gasteiger partial charge is 0.507 e. The molecular formula is C13H16ClNO4. The van der Waals surface area contributed by atoms with Gasteiger partial charge in [-0.05, 0) is 24.6 Å². The average molecular weight is 286 g/mol. The van der Waals surface area contributed by atoms with Crippen molar-refractivity contribution in [1.82, 2.24) is 5.32 Å². The van der Waals surface area contributed by atoms with Crippen molar-refractivity contribution < 1.29 is 19.4 Å². The number of phenols is 1. The zero-order valence-corrected chi connectivity index (χ0v) is 11.4. The van der Waals surface area contributed by atoms with Gasteiger partial charge in [-0.15, -0.1) is 0 Å². The van der Waals surface area contributed by atoms with Crippen LogP contribution in [0.4, 0.5) is 0 Å². The summed E-state index contributed by atoms with van der Waals surface area (Å²) in [6.07, 6.45) is 1.84.